The Kier molecular flexibility index (Phi) is 4.50. The molecule has 0 N–H and O–H groups in total. The number of aliphatic imine (C=N–C) groups is 1. The summed E-state index contributed by atoms with van der Waals surface area (Å²) in [5.41, 5.74) is 3.66. The molecule has 0 amide bonds. The lowest BCUT2D eigenvalue weighted by Gasteiger charge is -2.01. The molecule has 3 rings (SSSR count). The number of para-hydroxylation sites is 1. The van der Waals surface area contributed by atoms with Crippen LogP contribution in [0.3, 0.4) is 0 Å². The Hall–Kier alpha value is -2.61. The molecule has 110 valence electrons. The van der Waals surface area contributed by atoms with Crippen molar-refractivity contribution in [3.05, 3.63) is 84.6 Å². The molecule has 1 heterocycles. The van der Waals surface area contributed by atoms with Crippen LogP contribution in [0.15, 0.2) is 78.4 Å². The van der Waals surface area contributed by atoms with Crippen LogP contribution >= 0.6 is 0 Å². The lowest BCUT2D eigenvalue weighted by Crippen LogP contribution is -1.93. The molecule has 0 spiro atoms. The Labute approximate surface area is 131 Å². The summed E-state index contributed by atoms with van der Waals surface area (Å²) in [4.78, 5) is 4.60. The first-order chi connectivity index (χ1) is 10.9. The Bertz CT molecular complexity index is 782. The highest BCUT2D eigenvalue weighted by atomic mass is 15.0. The van der Waals surface area contributed by atoms with Crippen molar-refractivity contribution in [1.82, 2.24) is 4.57 Å². The lowest BCUT2D eigenvalue weighted by atomic mass is 10.2. The van der Waals surface area contributed by atoms with E-state index < -0.39 is 0 Å². The van der Waals surface area contributed by atoms with Gasteiger partial charge in [0.25, 0.3) is 0 Å². The van der Waals surface area contributed by atoms with Crippen molar-refractivity contribution in [3.63, 3.8) is 0 Å². The maximum Gasteiger partial charge on any atom is 0.0639 e. The zero-order valence-corrected chi connectivity index (χ0v) is 12.7. The van der Waals surface area contributed by atoms with E-state index in [1.54, 1.807) is 0 Å². The van der Waals surface area contributed by atoms with Crippen LogP contribution in [0.25, 0.3) is 10.9 Å². The van der Waals surface area contributed by atoms with Gasteiger partial charge in [0.15, 0.2) is 0 Å². The molecular weight excluding hydrogens is 268 g/mol. The van der Waals surface area contributed by atoms with E-state index >= 15 is 0 Å². The third kappa shape index (κ3) is 3.17. The minimum atomic E-state index is 0.715. The molecule has 0 unspecified atom stereocenters. The summed E-state index contributed by atoms with van der Waals surface area (Å²) >= 11 is 0. The molecule has 0 radical (unpaired) electrons. The molecule has 22 heavy (non-hydrogen) atoms. The maximum atomic E-state index is 4.60. The molecule has 0 atom stereocenters. The smallest absolute Gasteiger partial charge is 0.0639 e. The number of aryl methyl sites for hydroxylation is 1. The number of benzene rings is 2. The predicted octanol–water partition coefficient (Wildman–Crippen LogP) is 4.84. The van der Waals surface area contributed by atoms with Crippen molar-refractivity contribution in [2.45, 2.75) is 19.5 Å². The predicted molar refractivity (Wildman–Crippen MR) is 94.5 cm³/mol. The second-order valence-electron chi connectivity index (χ2n) is 5.33. The number of hydrogen-bond donors (Lipinski definition) is 0. The molecule has 0 fully saturated rings. The van der Waals surface area contributed by atoms with E-state index in [0.717, 1.165) is 13.0 Å². The van der Waals surface area contributed by atoms with Gasteiger partial charge in [-0.1, -0.05) is 54.6 Å². The third-order valence-electron chi connectivity index (χ3n) is 3.74. The van der Waals surface area contributed by atoms with Crippen LogP contribution in [0.4, 0.5) is 0 Å². The normalized spacial score (nSPS) is 11.3. The van der Waals surface area contributed by atoms with Crippen molar-refractivity contribution < 1.29 is 0 Å². The molecule has 2 aromatic carbocycles. The van der Waals surface area contributed by atoms with Gasteiger partial charge >= 0.3 is 0 Å². The maximum absolute atomic E-state index is 4.60. The summed E-state index contributed by atoms with van der Waals surface area (Å²) in [7, 11) is 0. The van der Waals surface area contributed by atoms with Gasteiger partial charge in [-0.2, -0.15) is 0 Å². The molecule has 2 nitrogen and oxygen atoms in total. The van der Waals surface area contributed by atoms with Crippen molar-refractivity contribution >= 4 is 17.1 Å². The van der Waals surface area contributed by atoms with Crippen LogP contribution < -0.4 is 0 Å². The van der Waals surface area contributed by atoms with Crippen LogP contribution in [0.2, 0.25) is 0 Å². The van der Waals surface area contributed by atoms with Crippen molar-refractivity contribution in [1.29, 1.82) is 0 Å². The first-order valence-corrected chi connectivity index (χ1v) is 7.61. The van der Waals surface area contributed by atoms with Crippen molar-refractivity contribution in [2.24, 2.45) is 4.99 Å². The van der Waals surface area contributed by atoms with Gasteiger partial charge in [-0.15, -0.1) is 6.58 Å². The van der Waals surface area contributed by atoms with Crippen LogP contribution in [-0.4, -0.2) is 10.8 Å². The van der Waals surface area contributed by atoms with Gasteiger partial charge in [-0.3, -0.25) is 4.99 Å². The second kappa shape index (κ2) is 6.90. The van der Waals surface area contributed by atoms with Crippen molar-refractivity contribution in [2.75, 3.05) is 0 Å². The quantitative estimate of drug-likeness (QED) is 0.456. The number of nitrogens with zero attached hydrogens (tertiary/aromatic N) is 2. The average molecular weight is 288 g/mol. The Morgan fingerprint density at radius 1 is 1.00 bits per heavy atom. The van der Waals surface area contributed by atoms with Crippen LogP contribution in [-0.2, 0) is 13.1 Å². The summed E-state index contributed by atoms with van der Waals surface area (Å²) in [5, 5.41) is 1.25. The molecule has 0 saturated carbocycles. The molecular formula is C20H20N2. The number of hydrogen-bond acceptors (Lipinski definition) is 1. The van der Waals surface area contributed by atoms with E-state index in [1.165, 1.54) is 22.0 Å². The highest BCUT2D eigenvalue weighted by Crippen LogP contribution is 2.20. The van der Waals surface area contributed by atoms with Gasteiger partial charge in [-0.05, 0) is 18.1 Å². The number of fused-ring (bicyclic) bond motifs is 1. The van der Waals surface area contributed by atoms with E-state index in [1.807, 2.05) is 30.5 Å². The second-order valence-corrected chi connectivity index (χ2v) is 5.33. The van der Waals surface area contributed by atoms with E-state index in [0.29, 0.717) is 6.54 Å². The van der Waals surface area contributed by atoms with Gasteiger partial charge < -0.3 is 4.57 Å². The van der Waals surface area contributed by atoms with E-state index in [4.69, 9.17) is 0 Å². The fourth-order valence-corrected chi connectivity index (χ4v) is 2.63. The molecule has 0 aliphatic heterocycles. The Morgan fingerprint density at radius 2 is 1.77 bits per heavy atom. The molecule has 0 aliphatic carbocycles. The van der Waals surface area contributed by atoms with Gasteiger partial charge in [0.05, 0.1) is 6.54 Å². The van der Waals surface area contributed by atoms with Crippen LogP contribution in [0.1, 0.15) is 17.5 Å². The van der Waals surface area contributed by atoms with Crippen LogP contribution in [0.5, 0.6) is 0 Å². The van der Waals surface area contributed by atoms with E-state index in [2.05, 4.69) is 58.7 Å². The molecule has 0 saturated heterocycles. The third-order valence-corrected chi connectivity index (χ3v) is 3.74. The SMILES string of the molecule is C=CCCn1cc(C=NCc2ccccc2)c2ccccc21. The first-order valence-electron chi connectivity index (χ1n) is 7.61. The number of aromatic nitrogens is 1. The average Bonchev–Trinajstić information content (AvgIpc) is 2.92. The summed E-state index contributed by atoms with van der Waals surface area (Å²) in [6.07, 6.45) is 7.10. The van der Waals surface area contributed by atoms with E-state index in [9.17, 15) is 0 Å². The molecule has 0 bridgehead atoms. The lowest BCUT2D eigenvalue weighted by molar-refractivity contribution is 0.739. The van der Waals surface area contributed by atoms with Crippen molar-refractivity contribution in [3.8, 4) is 0 Å². The molecule has 1 aromatic heterocycles. The van der Waals surface area contributed by atoms with E-state index in [-0.39, 0.29) is 0 Å². The van der Waals surface area contributed by atoms with Gasteiger partial charge in [0.1, 0.15) is 0 Å². The molecule has 2 heteroatoms. The van der Waals surface area contributed by atoms with Crippen LogP contribution in [0, 0.1) is 0 Å². The Balaban J connectivity index is 1.85. The minimum Gasteiger partial charge on any atom is -0.346 e. The highest BCUT2D eigenvalue weighted by molar-refractivity contribution is 5.99. The van der Waals surface area contributed by atoms with Gasteiger partial charge in [-0.25, -0.2) is 0 Å². The summed E-state index contributed by atoms with van der Waals surface area (Å²) in [5.74, 6) is 0. The first kappa shape index (κ1) is 14.3. The monoisotopic (exact) mass is 288 g/mol. The zero-order chi connectivity index (χ0) is 15.2. The standard InChI is InChI=1S/C20H20N2/c1-2-3-13-22-16-18(19-11-7-8-12-20(19)22)15-21-14-17-9-5-4-6-10-17/h2,4-12,15-16H,1,3,13-14H2. The number of allylic oxidation sites excluding steroid dienone is 1. The summed E-state index contributed by atoms with van der Waals surface area (Å²) in [6, 6.07) is 18.8. The van der Waals surface area contributed by atoms with Gasteiger partial charge in [0.2, 0.25) is 0 Å². The summed E-state index contributed by atoms with van der Waals surface area (Å²) in [6.45, 7) is 5.48. The Morgan fingerprint density at radius 3 is 2.59 bits per heavy atom. The zero-order valence-electron chi connectivity index (χ0n) is 12.7. The number of rotatable bonds is 6. The van der Waals surface area contributed by atoms with Gasteiger partial charge in [0, 0.05) is 35.4 Å². The molecule has 3 aromatic rings. The summed E-state index contributed by atoms with van der Waals surface area (Å²) < 4.78 is 2.28. The fraction of sp³-hybridized carbons (Fsp3) is 0.150. The topological polar surface area (TPSA) is 17.3 Å². The molecule has 0 aliphatic rings. The largest absolute Gasteiger partial charge is 0.346 e. The highest BCUT2D eigenvalue weighted by Gasteiger charge is 2.05. The fourth-order valence-electron chi connectivity index (χ4n) is 2.63. The minimum absolute atomic E-state index is 0.715.